The molecule has 1 atom stereocenters. The lowest BCUT2D eigenvalue weighted by atomic mass is 10.1. The summed E-state index contributed by atoms with van der Waals surface area (Å²) < 4.78 is 5.65. The first-order valence-electron chi connectivity index (χ1n) is 8.22. The van der Waals surface area contributed by atoms with Crippen LogP contribution in [0.2, 0.25) is 0 Å². The Morgan fingerprint density at radius 2 is 1.92 bits per heavy atom. The van der Waals surface area contributed by atoms with Crippen molar-refractivity contribution in [2.45, 2.75) is 39.7 Å². The molecule has 0 aliphatic heterocycles. The Bertz CT molecular complexity index is 757. The third-order valence-electron chi connectivity index (χ3n) is 3.83. The number of carbonyl (C=O) groups is 1. The van der Waals surface area contributed by atoms with E-state index in [0.29, 0.717) is 11.4 Å². The van der Waals surface area contributed by atoms with Crippen molar-refractivity contribution in [1.82, 2.24) is 0 Å². The Morgan fingerprint density at radius 3 is 2.52 bits per heavy atom. The molecule has 0 aliphatic rings. The van der Waals surface area contributed by atoms with Crippen molar-refractivity contribution in [3.63, 3.8) is 0 Å². The van der Waals surface area contributed by atoms with E-state index in [0.717, 1.165) is 18.4 Å². The van der Waals surface area contributed by atoms with Crippen LogP contribution in [0.1, 0.15) is 31.4 Å². The average molecular weight is 342 g/mol. The summed E-state index contributed by atoms with van der Waals surface area (Å²) in [6, 6.07) is 12.0. The molecule has 0 heterocycles. The van der Waals surface area contributed by atoms with Crippen molar-refractivity contribution < 1.29 is 14.5 Å². The zero-order valence-corrected chi connectivity index (χ0v) is 14.6. The van der Waals surface area contributed by atoms with Crippen molar-refractivity contribution in [3.05, 3.63) is 63.7 Å². The molecule has 2 aromatic carbocycles. The van der Waals surface area contributed by atoms with Crippen molar-refractivity contribution >= 4 is 17.3 Å². The standard InChI is InChI=1S/C19H22N2O4/c1-4-5-15-7-10-17(11-8-15)25-14(3)19(22)20-18-12-16(21(23)24)9-6-13(18)2/h6-12,14H,4-5H2,1-3H3,(H,20,22). The fourth-order valence-electron chi connectivity index (χ4n) is 2.37. The van der Waals surface area contributed by atoms with Gasteiger partial charge >= 0.3 is 0 Å². The fraction of sp³-hybridized carbons (Fsp3) is 0.316. The predicted octanol–water partition coefficient (Wildman–Crippen LogP) is 4.26. The molecule has 0 saturated heterocycles. The van der Waals surface area contributed by atoms with Crippen LogP contribution in [0.4, 0.5) is 11.4 Å². The van der Waals surface area contributed by atoms with Gasteiger partial charge in [-0.2, -0.15) is 0 Å². The van der Waals surface area contributed by atoms with Crippen LogP contribution in [0.5, 0.6) is 5.75 Å². The molecule has 0 aromatic heterocycles. The van der Waals surface area contributed by atoms with Crippen LogP contribution in [0, 0.1) is 17.0 Å². The zero-order chi connectivity index (χ0) is 18.4. The average Bonchev–Trinajstić information content (AvgIpc) is 2.58. The third-order valence-corrected chi connectivity index (χ3v) is 3.83. The van der Waals surface area contributed by atoms with Crippen LogP contribution in [0.3, 0.4) is 0 Å². The molecule has 2 aromatic rings. The Labute approximate surface area is 147 Å². The summed E-state index contributed by atoms with van der Waals surface area (Å²) in [5.41, 5.74) is 2.31. The largest absolute Gasteiger partial charge is 0.481 e. The van der Waals surface area contributed by atoms with E-state index in [2.05, 4.69) is 12.2 Å². The molecule has 0 bridgehead atoms. The summed E-state index contributed by atoms with van der Waals surface area (Å²) in [5.74, 6) is 0.250. The van der Waals surface area contributed by atoms with Gasteiger partial charge in [-0.1, -0.05) is 31.5 Å². The maximum Gasteiger partial charge on any atom is 0.271 e. The van der Waals surface area contributed by atoms with E-state index in [1.54, 1.807) is 19.9 Å². The van der Waals surface area contributed by atoms with Gasteiger partial charge < -0.3 is 10.1 Å². The molecular weight excluding hydrogens is 320 g/mol. The summed E-state index contributed by atoms with van der Waals surface area (Å²) >= 11 is 0. The van der Waals surface area contributed by atoms with Crippen LogP contribution < -0.4 is 10.1 Å². The molecule has 132 valence electrons. The molecule has 0 radical (unpaired) electrons. The lowest BCUT2D eigenvalue weighted by Crippen LogP contribution is -2.30. The summed E-state index contributed by atoms with van der Waals surface area (Å²) in [4.78, 5) is 22.7. The number of anilines is 1. The smallest absolute Gasteiger partial charge is 0.271 e. The quantitative estimate of drug-likeness (QED) is 0.602. The summed E-state index contributed by atoms with van der Waals surface area (Å²) in [6.45, 7) is 5.53. The number of aryl methyl sites for hydroxylation is 2. The number of amides is 1. The molecule has 0 saturated carbocycles. The monoisotopic (exact) mass is 342 g/mol. The van der Waals surface area contributed by atoms with Gasteiger partial charge in [0.1, 0.15) is 5.75 Å². The minimum Gasteiger partial charge on any atom is -0.481 e. The van der Waals surface area contributed by atoms with Gasteiger partial charge in [-0.05, 0) is 43.5 Å². The number of hydrogen-bond donors (Lipinski definition) is 1. The first-order chi connectivity index (χ1) is 11.9. The highest BCUT2D eigenvalue weighted by atomic mass is 16.6. The normalized spacial score (nSPS) is 11.6. The van der Waals surface area contributed by atoms with E-state index < -0.39 is 11.0 Å². The van der Waals surface area contributed by atoms with Gasteiger partial charge in [-0.25, -0.2) is 0 Å². The van der Waals surface area contributed by atoms with Crippen molar-refractivity contribution in [1.29, 1.82) is 0 Å². The van der Waals surface area contributed by atoms with Gasteiger partial charge in [0, 0.05) is 12.1 Å². The van der Waals surface area contributed by atoms with Gasteiger partial charge in [0.2, 0.25) is 0 Å². The van der Waals surface area contributed by atoms with E-state index in [-0.39, 0.29) is 11.6 Å². The second-order valence-corrected chi connectivity index (χ2v) is 5.90. The highest BCUT2D eigenvalue weighted by molar-refractivity contribution is 5.95. The van der Waals surface area contributed by atoms with Gasteiger partial charge in [-0.15, -0.1) is 0 Å². The number of nitro benzene ring substituents is 1. The number of rotatable bonds is 7. The molecule has 1 unspecified atom stereocenters. The highest BCUT2D eigenvalue weighted by Crippen LogP contribution is 2.22. The number of non-ortho nitro benzene ring substituents is 1. The van der Waals surface area contributed by atoms with Crippen LogP contribution in [-0.2, 0) is 11.2 Å². The topological polar surface area (TPSA) is 81.5 Å². The van der Waals surface area contributed by atoms with Crippen molar-refractivity contribution in [2.75, 3.05) is 5.32 Å². The van der Waals surface area contributed by atoms with Crippen LogP contribution in [0.25, 0.3) is 0 Å². The van der Waals surface area contributed by atoms with E-state index >= 15 is 0 Å². The molecule has 6 nitrogen and oxygen atoms in total. The Hall–Kier alpha value is -2.89. The minimum atomic E-state index is -0.726. The van der Waals surface area contributed by atoms with Crippen LogP contribution in [0.15, 0.2) is 42.5 Å². The second kappa shape index (κ2) is 8.28. The molecule has 25 heavy (non-hydrogen) atoms. The first kappa shape index (κ1) is 18.4. The summed E-state index contributed by atoms with van der Waals surface area (Å²) in [7, 11) is 0. The predicted molar refractivity (Wildman–Crippen MR) is 97.0 cm³/mol. The van der Waals surface area contributed by atoms with Crippen LogP contribution >= 0.6 is 0 Å². The van der Waals surface area contributed by atoms with Gasteiger partial charge in [0.15, 0.2) is 6.10 Å². The molecule has 0 aliphatic carbocycles. The number of carbonyl (C=O) groups excluding carboxylic acids is 1. The molecule has 2 rings (SSSR count). The molecule has 6 heteroatoms. The van der Waals surface area contributed by atoms with Gasteiger partial charge in [-0.3, -0.25) is 14.9 Å². The number of ether oxygens (including phenoxy) is 1. The first-order valence-corrected chi connectivity index (χ1v) is 8.22. The fourth-order valence-corrected chi connectivity index (χ4v) is 2.37. The maximum absolute atomic E-state index is 12.3. The molecule has 0 fully saturated rings. The molecule has 0 spiro atoms. The number of nitrogens with zero attached hydrogens (tertiary/aromatic N) is 1. The zero-order valence-electron chi connectivity index (χ0n) is 14.6. The van der Waals surface area contributed by atoms with Crippen molar-refractivity contribution in [3.8, 4) is 5.75 Å². The lowest BCUT2D eigenvalue weighted by molar-refractivity contribution is -0.384. The molecule has 1 amide bonds. The Morgan fingerprint density at radius 1 is 1.24 bits per heavy atom. The Balaban J connectivity index is 2.02. The van der Waals surface area contributed by atoms with Crippen molar-refractivity contribution in [2.24, 2.45) is 0 Å². The Kier molecular flexibility index (Phi) is 6.11. The van der Waals surface area contributed by atoms with E-state index in [1.165, 1.54) is 17.7 Å². The number of benzene rings is 2. The van der Waals surface area contributed by atoms with E-state index in [9.17, 15) is 14.9 Å². The van der Waals surface area contributed by atoms with E-state index in [4.69, 9.17) is 4.74 Å². The third kappa shape index (κ3) is 5.04. The minimum absolute atomic E-state index is 0.0685. The lowest BCUT2D eigenvalue weighted by Gasteiger charge is -2.16. The second-order valence-electron chi connectivity index (χ2n) is 5.90. The number of nitro groups is 1. The number of hydrogen-bond acceptors (Lipinski definition) is 4. The van der Waals surface area contributed by atoms with Crippen LogP contribution in [-0.4, -0.2) is 16.9 Å². The molecule has 1 N–H and O–H groups in total. The highest BCUT2D eigenvalue weighted by Gasteiger charge is 2.17. The summed E-state index contributed by atoms with van der Waals surface area (Å²) in [6.07, 6.45) is 1.35. The van der Waals surface area contributed by atoms with Gasteiger partial charge in [0.25, 0.3) is 11.6 Å². The van der Waals surface area contributed by atoms with Gasteiger partial charge in [0.05, 0.1) is 10.6 Å². The maximum atomic E-state index is 12.3. The van der Waals surface area contributed by atoms with E-state index in [1.807, 2.05) is 24.3 Å². The SMILES string of the molecule is CCCc1ccc(OC(C)C(=O)Nc2cc([N+](=O)[O-])ccc2C)cc1. The summed E-state index contributed by atoms with van der Waals surface area (Å²) in [5, 5.41) is 13.6. The molecular formula is C19H22N2O4. The number of nitrogens with one attached hydrogen (secondary N) is 1.